The maximum atomic E-state index is 12.7. The first-order chi connectivity index (χ1) is 48.7. The predicted molar refractivity (Wildman–Crippen MR) is 377 cm³/mol. The van der Waals surface area contributed by atoms with Crippen LogP contribution in [0.25, 0.3) is 0 Å². The number of nitrogens with one attached hydrogen (secondary N) is 5. The molecule has 0 fully saturated rings. The topological polar surface area (TPSA) is 358 Å². The van der Waals surface area contributed by atoms with Gasteiger partial charge in [0.05, 0.1) is 72.4 Å². The third-order valence-corrected chi connectivity index (χ3v) is 17.1. The molecule has 26 nitrogen and oxygen atoms in total. The van der Waals surface area contributed by atoms with Crippen molar-refractivity contribution in [2.45, 2.75) is 37.4 Å². The minimum absolute atomic E-state index is 0.0287. The van der Waals surface area contributed by atoms with Gasteiger partial charge in [-0.2, -0.15) is 0 Å². The van der Waals surface area contributed by atoms with E-state index >= 15 is 0 Å². The van der Waals surface area contributed by atoms with E-state index in [-0.39, 0.29) is 100 Å². The number of esters is 2. The highest BCUT2D eigenvalue weighted by molar-refractivity contribution is 6.41. The lowest BCUT2D eigenvalue weighted by molar-refractivity contribution is -0.143. The van der Waals surface area contributed by atoms with Gasteiger partial charge in [0.15, 0.2) is 0 Å². The molecule has 3 aromatic heterocycles. The minimum Gasteiger partial charge on any atom is -0.480 e. The molecule has 0 spiro atoms. The number of rotatable bonds is 19. The molecule has 8 amide bonds. The lowest BCUT2D eigenvalue weighted by Gasteiger charge is -2.18. The second-order valence-electron chi connectivity index (χ2n) is 21.8. The van der Waals surface area contributed by atoms with E-state index in [4.69, 9.17) is 79.1 Å². The van der Waals surface area contributed by atoms with Crippen LogP contribution in [0.2, 0.25) is 30.1 Å². The highest BCUT2D eigenvalue weighted by atomic mass is 35.5. The zero-order chi connectivity index (χ0) is 73.8. The Hall–Kier alpha value is -11.5. The number of imide groups is 2. The molecule has 6 aromatic carbocycles. The van der Waals surface area contributed by atoms with Crippen LogP contribution in [0.1, 0.15) is 79.2 Å². The summed E-state index contributed by atoms with van der Waals surface area (Å²) in [5, 5.41) is 20.6. The van der Waals surface area contributed by atoms with Crippen LogP contribution in [0.15, 0.2) is 196 Å². The van der Waals surface area contributed by atoms with Crippen LogP contribution in [0.5, 0.6) is 0 Å². The fraction of sp³-hybridized carbons (Fsp3) is 0.114. The average molecular weight is 1500 g/mol. The molecule has 0 bridgehead atoms. The molecule has 0 radical (unpaired) electrons. The number of methoxy groups -OCH3 is 2. The molecule has 3 atom stereocenters. The van der Waals surface area contributed by atoms with Crippen LogP contribution >= 0.6 is 69.6 Å². The third-order valence-electron chi connectivity index (χ3n) is 15.2. The van der Waals surface area contributed by atoms with E-state index in [1.807, 2.05) is 0 Å². The second-order valence-corrected chi connectivity index (χ2v) is 24.2. The lowest BCUT2D eigenvalue weighted by atomic mass is 10.0. The number of benzene rings is 6. The van der Waals surface area contributed by atoms with Crippen LogP contribution < -0.4 is 47.7 Å². The largest absolute Gasteiger partial charge is 0.480 e. The van der Waals surface area contributed by atoms with Crippen molar-refractivity contribution in [3.8, 4) is 0 Å². The number of amides is 8. The number of carbonyl (C=O) groups is 11. The van der Waals surface area contributed by atoms with E-state index in [0.717, 1.165) is 18.9 Å². The maximum Gasteiger partial charge on any atom is 0.343 e. The Morgan fingerprint density at radius 3 is 1.07 bits per heavy atom. The molecule has 9 aromatic rings. The summed E-state index contributed by atoms with van der Waals surface area (Å²) in [5.41, 5.74) is 1.24. The van der Waals surface area contributed by atoms with Gasteiger partial charge in [-0.3, -0.25) is 43.2 Å². The molecule has 2 aliphatic rings. The van der Waals surface area contributed by atoms with Crippen molar-refractivity contribution >= 4 is 152 Å². The summed E-state index contributed by atoms with van der Waals surface area (Å²) in [6.07, 6.45) is 0.0774. The van der Waals surface area contributed by atoms with Crippen molar-refractivity contribution in [2.24, 2.45) is 0 Å². The first-order valence-electron chi connectivity index (χ1n) is 29.8. The fourth-order valence-electron chi connectivity index (χ4n) is 10.2. The Labute approximate surface area is 606 Å². The van der Waals surface area contributed by atoms with Gasteiger partial charge in [0.2, 0.25) is 5.56 Å². The van der Waals surface area contributed by atoms with Crippen molar-refractivity contribution in [1.29, 1.82) is 0 Å². The first-order valence-corrected chi connectivity index (χ1v) is 32.1. The molecule has 0 aliphatic carbocycles. The fourth-order valence-corrected chi connectivity index (χ4v) is 12.0. The Morgan fingerprint density at radius 1 is 0.412 bits per heavy atom. The van der Waals surface area contributed by atoms with Crippen molar-refractivity contribution in [3.63, 3.8) is 0 Å². The number of carbonyl (C=O) groups excluding carboxylic acids is 10. The number of pyridine rings is 3. The van der Waals surface area contributed by atoms with Crippen LogP contribution in [-0.2, 0) is 43.1 Å². The summed E-state index contributed by atoms with van der Waals surface area (Å²) in [4.78, 5) is 177. The maximum absolute atomic E-state index is 12.7. The number of hydrogen-bond donors (Lipinski definition) is 6. The van der Waals surface area contributed by atoms with Crippen LogP contribution in [0, 0.1) is 0 Å². The predicted octanol–water partition coefficient (Wildman–Crippen LogP) is 9.96. The van der Waals surface area contributed by atoms with E-state index in [2.05, 4.69) is 26.3 Å². The molecule has 5 heterocycles. The number of aromatic nitrogens is 3. The van der Waals surface area contributed by atoms with E-state index in [1.54, 1.807) is 54.6 Å². The zero-order valence-corrected chi connectivity index (χ0v) is 57.2. The van der Waals surface area contributed by atoms with Gasteiger partial charge in [0.1, 0.15) is 35.2 Å². The molecule has 6 N–H and O–H groups in total. The van der Waals surface area contributed by atoms with E-state index in [0.29, 0.717) is 22.4 Å². The highest BCUT2D eigenvalue weighted by Crippen LogP contribution is 2.30. The molecule has 520 valence electrons. The first kappa shape index (κ1) is 74.7. The summed E-state index contributed by atoms with van der Waals surface area (Å²) >= 11 is 36.4. The molecule has 32 heteroatoms. The summed E-state index contributed by atoms with van der Waals surface area (Å²) in [6, 6.07) is 39.8. The number of halogens is 6. The van der Waals surface area contributed by atoms with E-state index < -0.39 is 94.7 Å². The summed E-state index contributed by atoms with van der Waals surface area (Å²) in [5.74, 6) is -6.36. The van der Waals surface area contributed by atoms with Gasteiger partial charge in [-0.1, -0.05) is 142 Å². The third kappa shape index (κ3) is 17.2. The number of carboxylic acids is 1. The molecule has 2 aliphatic heterocycles. The number of hydrogen-bond acceptors (Lipinski definition) is 16. The number of fused-ring (bicyclic) bond motifs is 2. The molecular weight excluding hydrogens is 1450 g/mol. The van der Waals surface area contributed by atoms with Crippen molar-refractivity contribution in [3.05, 3.63) is 294 Å². The van der Waals surface area contributed by atoms with Gasteiger partial charge in [-0.25, -0.2) is 42.9 Å². The Balaban J connectivity index is 0.000000178. The van der Waals surface area contributed by atoms with E-state index in [1.165, 1.54) is 142 Å². The number of H-pyrrole nitrogens is 1. The molecule has 0 saturated heterocycles. The normalized spacial score (nSPS) is 12.8. The van der Waals surface area contributed by atoms with Gasteiger partial charge < -0.3 is 40.8 Å². The van der Waals surface area contributed by atoms with Crippen LogP contribution in [-0.4, -0.2) is 117 Å². The van der Waals surface area contributed by atoms with Crippen molar-refractivity contribution in [1.82, 2.24) is 30.1 Å². The van der Waals surface area contributed by atoms with Crippen molar-refractivity contribution < 1.29 is 67.3 Å². The smallest absolute Gasteiger partial charge is 0.343 e. The molecular formula is C70H51Cl6N9O17. The highest BCUT2D eigenvalue weighted by Gasteiger charge is 2.39. The van der Waals surface area contributed by atoms with Crippen LogP contribution in [0.3, 0.4) is 0 Å². The lowest BCUT2D eigenvalue weighted by Crippen LogP contribution is -2.43. The van der Waals surface area contributed by atoms with Gasteiger partial charge in [0, 0.05) is 43.1 Å². The van der Waals surface area contributed by atoms with Gasteiger partial charge in [-0.15, -0.1) is 0 Å². The molecule has 11 rings (SSSR count). The molecule has 0 unspecified atom stereocenters. The standard InChI is InChI=1S/C24H17Cl2N3O6.C23H15Cl2N3O6.C23H19Cl2N3O5/c1-35-23(33)17(27-21(31)20-15(25)4-2-5-16(20)26)12-13-8-10-14(11-9-13)28-22(32)18-6-3-7-19(30)29(18)24(28)34;24-14-3-1-4-15(25)19(14)20(30)26-16(22(32)33)11-12-7-9-13(10-8-12)27-21(31)17-5-2-6-18(29)28(17)23(27)34;1-33-23(32)18(28-22(31)20-15(24)4-2-5-16(20)25)12-13-8-10-14(11-9-13)26-21(30)17-6-3-7-19(29)27-17/h2-11,17H,12H2,1H3,(H,27,31);1-10,16H,11H2,(H,26,30)(H,32,33);2-11,18H,12H2,1H3,(H,26,30)(H,27,29)(H,28,31)/t17-;16-;18-/m000/s1. The monoisotopic (exact) mass is 1500 g/mol. The number of aliphatic carboxylic acids is 1. The van der Waals surface area contributed by atoms with Crippen molar-refractivity contribution in [2.75, 3.05) is 29.3 Å². The molecule has 0 saturated carbocycles. The number of ether oxygens (including phenoxy) is 2. The number of anilines is 3. The quantitative estimate of drug-likeness (QED) is 0.0410. The second kappa shape index (κ2) is 33.1. The number of carboxylic acid groups (broad SMARTS) is 1. The Kier molecular flexibility index (Phi) is 24.2. The number of aromatic amines is 1. The Morgan fingerprint density at radius 2 is 0.735 bits per heavy atom. The number of nitrogens with zero attached hydrogens (tertiary/aromatic N) is 4. The van der Waals surface area contributed by atoms with Gasteiger partial charge >= 0.3 is 30.0 Å². The van der Waals surface area contributed by atoms with Gasteiger partial charge in [-0.05, 0) is 108 Å². The minimum atomic E-state index is -1.30. The zero-order valence-electron chi connectivity index (χ0n) is 52.7. The van der Waals surface area contributed by atoms with Crippen LogP contribution in [0.4, 0.5) is 26.7 Å². The SMILES string of the molecule is COC(=O)[C@H](Cc1ccc(N2C(=O)c3cccc(=O)n3C2=O)cc1)NC(=O)c1c(Cl)cccc1Cl.COC(=O)[C@H](Cc1ccc(NC(=O)c2cccc(=O)[nH]2)cc1)NC(=O)c1c(Cl)cccc1Cl.O=C(N[C@@H](Cc1ccc(N2C(=O)c3cccc(=O)n3C2=O)cc1)C(=O)O)c1c(Cl)cccc1Cl. The summed E-state index contributed by atoms with van der Waals surface area (Å²) < 4.78 is 11.2. The summed E-state index contributed by atoms with van der Waals surface area (Å²) in [7, 11) is 2.41. The average Bonchev–Trinajstić information content (AvgIpc) is 1.62. The van der Waals surface area contributed by atoms with E-state index in [9.17, 15) is 72.2 Å². The Bertz CT molecular complexity index is 4990. The summed E-state index contributed by atoms with van der Waals surface area (Å²) in [6.45, 7) is 0. The van der Waals surface area contributed by atoms with Gasteiger partial charge in [0.25, 0.3) is 46.6 Å². The molecule has 102 heavy (non-hydrogen) atoms.